The predicted octanol–water partition coefficient (Wildman–Crippen LogP) is 4.15. The Morgan fingerprint density at radius 3 is 2.56 bits per heavy atom. The topological polar surface area (TPSA) is 17.8 Å². The molecule has 18 heavy (non-hydrogen) atoms. The predicted molar refractivity (Wildman–Crippen MR) is 75.2 cm³/mol. The van der Waals surface area contributed by atoms with Crippen molar-refractivity contribution in [1.29, 1.82) is 0 Å². The van der Waals surface area contributed by atoms with Crippen molar-refractivity contribution >= 4 is 11.0 Å². The number of aromatic nitrogens is 2. The first-order valence-electron chi connectivity index (χ1n) is 8.39. The second-order valence-electron chi connectivity index (χ2n) is 4.42. The van der Waals surface area contributed by atoms with Gasteiger partial charge in [-0.25, -0.2) is 4.98 Å². The van der Waals surface area contributed by atoms with Gasteiger partial charge < -0.3 is 0 Å². The fourth-order valence-corrected chi connectivity index (χ4v) is 2.02. The summed E-state index contributed by atoms with van der Waals surface area (Å²) in [6.07, 6.45) is 0. The van der Waals surface area contributed by atoms with E-state index in [1.807, 2.05) is 38.1 Å². The third-order valence-electron chi connectivity index (χ3n) is 2.81. The molecule has 90 valence electrons. The summed E-state index contributed by atoms with van der Waals surface area (Å²) < 4.78 is 41.6. The lowest BCUT2D eigenvalue weighted by atomic mass is 10.2. The fourth-order valence-electron chi connectivity index (χ4n) is 2.02. The summed E-state index contributed by atoms with van der Waals surface area (Å²) in [5, 5.41) is 0. The Morgan fingerprint density at radius 2 is 1.83 bits per heavy atom. The molecule has 1 aromatic heterocycles. The largest absolute Gasteiger partial charge is 0.296 e. The van der Waals surface area contributed by atoms with Gasteiger partial charge in [-0.2, -0.15) is 0 Å². The van der Waals surface area contributed by atoms with Gasteiger partial charge in [-0.3, -0.25) is 4.57 Å². The lowest BCUT2D eigenvalue weighted by Crippen LogP contribution is -2.02. The molecule has 0 spiro atoms. The highest BCUT2D eigenvalue weighted by molar-refractivity contribution is 5.78. The van der Waals surface area contributed by atoms with Crippen LogP contribution in [-0.4, -0.2) is 9.55 Å². The molecule has 0 unspecified atom stereocenters. The highest BCUT2D eigenvalue weighted by Gasteiger charge is 2.14. The Morgan fingerprint density at radius 1 is 1.11 bits per heavy atom. The zero-order valence-electron chi connectivity index (χ0n) is 15.3. The zero-order valence-corrected chi connectivity index (χ0v) is 10.3. The lowest BCUT2D eigenvalue weighted by Gasteiger charge is -2.11. The van der Waals surface area contributed by atoms with E-state index < -0.39 is 0 Å². The van der Waals surface area contributed by atoms with Crippen molar-refractivity contribution in [2.24, 2.45) is 0 Å². The molecule has 0 fully saturated rings. The van der Waals surface area contributed by atoms with E-state index in [9.17, 15) is 0 Å². The van der Waals surface area contributed by atoms with Gasteiger partial charge in [0, 0.05) is 11.6 Å². The zero-order chi connectivity index (χ0) is 16.9. The highest BCUT2D eigenvalue weighted by Crippen LogP contribution is 2.25. The third-order valence-corrected chi connectivity index (χ3v) is 2.81. The number of fused-ring (bicyclic) bond motifs is 1. The number of imidazole rings is 1. The minimum absolute atomic E-state index is 0.0419. The van der Waals surface area contributed by atoms with Gasteiger partial charge in [0.25, 0.3) is 0 Å². The summed E-state index contributed by atoms with van der Waals surface area (Å²) in [5.74, 6) is 0.713. The first-order valence-corrected chi connectivity index (χ1v) is 5.89. The van der Waals surface area contributed by atoms with Crippen molar-refractivity contribution in [3.8, 4) is 5.69 Å². The molecule has 3 rings (SSSR count). The standard InChI is InChI=1S/C16H16N2/c1-12(2)16-17-14-10-6-7-11-15(14)18(16)13-8-4-3-5-9-13/h3-12H,1-2H3/i3D,4D,5D,8D,9D. The van der Waals surface area contributed by atoms with E-state index in [4.69, 9.17) is 6.85 Å². The molecule has 0 bridgehead atoms. The number of rotatable bonds is 2. The van der Waals surface area contributed by atoms with Crippen LogP contribution in [0, 0.1) is 0 Å². The third kappa shape index (κ3) is 1.70. The van der Waals surface area contributed by atoms with E-state index in [1.54, 1.807) is 4.57 Å². The molecule has 0 aliphatic rings. The van der Waals surface area contributed by atoms with Crippen molar-refractivity contribution in [2.75, 3.05) is 0 Å². The molecule has 0 amide bonds. The Bertz CT molecular complexity index is 885. The van der Waals surface area contributed by atoms with E-state index in [0.717, 1.165) is 11.0 Å². The SMILES string of the molecule is [2H]c1c([2H])c([2H])c(-n2c(C(C)C)nc3ccccc32)c([2H])c1[2H]. The molecule has 2 nitrogen and oxygen atoms in total. The van der Waals surface area contributed by atoms with Crippen molar-refractivity contribution in [1.82, 2.24) is 9.55 Å². The summed E-state index contributed by atoms with van der Waals surface area (Å²) in [6.45, 7) is 3.93. The van der Waals surface area contributed by atoms with Crippen molar-refractivity contribution in [3.05, 3.63) is 60.3 Å². The first kappa shape index (κ1) is 6.74. The second-order valence-corrected chi connectivity index (χ2v) is 4.42. The fraction of sp³-hybridized carbons (Fsp3) is 0.188. The Balaban J connectivity index is 2.49. The van der Waals surface area contributed by atoms with Crippen LogP contribution in [0.4, 0.5) is 0 Å². The van der Waals surface area contributed by atoms with E-state index in [-0.39, 0.29) is 41.8 Å². The van der Waals surface area contributed by atoms with Crippen LogP contribution in [0.15, 0.2) is 54.5 Å². The summed E-state index contributed by atoms with van der Waals surface area (Å²) in [6, 6.07) is 5.90. The van der Waals surface area contributed by atoms with Gasteiger partial charge in [0.05, 0.1) is 17.9 Å². The minimum Gasteiger partial charge on any atom is -0.296 e. The van der Waals surface area contributed by atoms with Gasteiger partial charge >= 0.3 is 0 Å². The number of para-hydroxylation sites is 3. The van der Waals surface area contributed by atoms with Crippen LogP contribution < -0.4 is 0 Å². The van der Waals surface area contributed by atoms with Crippen LogP contribution >= 0.6 is 0 Å². The van der Waals surface area contributed by atoms with Gasteiger partial charge in [-0.15, -0.1) is 0 Å². The Hall–Kier alpha value is -2.09. The summed E-state index contributed by atoms with van der Waals surface area (Å²) in [7, 11) is 0. The maximum absolute atomic E-state index is 8.20. The molecule has 0 saturated heterocycles. The van der Waals surface area contributed by atoms with Gasteiger partial charge in [0.15, 0.2) is 0 Å². The summed E-state index contributed by atoms with van der Waals surface area (Å²) in [4.78, 5) is 4.58. The number of hydrogen-bond donors (Lipinski definition) is 0. The molecule has 0 saturated carbocycles. The van der Waals surface area contributed by atoms with E-state index in [2.05, 4.69) is 4.98 Å². The molecule has 0 aliphatic heterocycles. The summed E-state index contributed by atoms with van der Waals surface area (Å²) in [5.41, 5.74) is 1.62. The maximum Gasteiger partial charge on any atom is 0.117 e. The van der Waals surface area contributed by atoms with Gasteiger partial charge in [-0.05, 0) is 24.2 Å². The molecule has 0 N–H and O–H groups in total. The average Bonchev–Trinajstić information content (AvgIpc) is 2.91. The Kier molecular flexibility index (Phi) is 1.61. The molecule has 1 heterocycles. The number of hydrogen-bond acceptors (Lipinski definition) is 1. The minimum atomic E-state index is -0.390. The van der Waals surface area contributed by atoms with Gasteiger partial charge in [0.2, 0.25) is 0 Å². The Labute approximate surface area is 114 Å². The van der Waals surface area contributed by atoms with Crippen LogP contribution in [0.5, 0.6) is 0 Å². The smallest absolute Gasteiger partial charge is 0.117 e. The van der Waals surface area contributed by atoms with Crippen molar-refractivity contribution in [3.63, 3.8) is 0 Å². The molecule has 0 atom stereocenters. The molecule has 2 heteroatoms. The van der Waals surface area contributed by atoms with Crippen molar-refractivity contribution < 1.29 is 6.85 Å². The molecular weight excluding hydrogens is 220 g/mol. The van der Waals surface area contributed by atoms with Crippen molar-refractivity contribution in [2.45, 2.75) is 19.8 Å². The van der Waals surface area contributed by atoms with Gasteiger partial charge in [0.1, 0.15) is 5.82 Å². The van der Waals surface area contributed by atoms with Crippen LogP contribution in [0.1, 0.15) is 32.4 Å². The second kappa shape index (κ2) is 4.30. The van der Waals surface area contributed by atoms with Crippen LogP contribution in [0.2, 0.25) is 0 Å². The lowest BCUT2D eigenvalue weighted by molar-refractivity contribution is 0.760. The van der Waals surface area contributed by atoms with E-state index in [1.165, 1.54) is 0 Å². The molecule has 2 aromatic carbocycles. The van der Waals surface area contributed by atoms with Crippen LogP contribution in [0.3, 0.4) is 0 Å². The van der Waals surface area contributed by atoms with Crippen LogP contribution in [-0.2, 0) is 0 Å². The molecule has 3 aromatic rings. The van der Waals surface area contributed by atoms with E-state index in [0.29, 0.717) is 5.82 Å². The van der Waals surface area contributed by atoms with E-state index >= 15 is 0 Å². The molecule has 0 aliphatic carbocycles. The highest BCUT2D eigenvalue weighted by atomic mass is 15.1. The number of benzene rings is 2. The molecule has 0 radical (unpaired) electrons. The number of nitrogens with zero attached hydrogens (tertiary/aromatic N) is 2. The summed E-state index contributed by atoms with van der Waals surface area (Å²) >= 11 is 0. The molecular formula is C16H16N2. The quantitative estimate of drug-likeness (QED) is 0.659. The monoisotopic (exact) mass is 241 g/mol. The normalized spacial score (nSPS) is 15.2. The van der Waals surface area contributed by atoms with Crippen LogP contribution in [0.25, 0.3) is 16.7 Å². The van der Waals surface area contributed by atoms with Gasteiger partial charge in [-0.1, -0.05) is 44.1 Å². The maximum atomic E-state index is 8.20. The average molecular weight is 241 g/mol. The first-order chi connectivity index (χ1) is 10.8.